The van der Waals surface area contributed by atoms with E-state index in [9.17, 15) is 9.59 Å². The maximum atomic E-state index is 12.6. The number of carbonyl (C=O) groups excluding carboxylic acids is 2. The van der Waals surface area contributed by atoms with Crippen molar-refractivity contribution in [2.75, 3.05) is 13.1 Å². The lowest BCUT2D eigenvalue weighted by Gasteiger charge is -2.24. The molecule has 5 heteroatoms. The van der Waals surface area contributed by atoms with Gasteiger partial charge in [-0.3, -0.25) is 9.63 Å². The highest BCUT2D eigenvalue weighted by molar-refractivity contribution is 6.47. The molecule has 0 radical (unpaired) electrons. The van der Waals surface area contributed by atoms with Crippen molar-refractivity contribution in [2.24, 2.45) is 10.6 Å². The summed E-state index contributed by atoms with van der Waals surface area (Å²) in [6, 6.07) is 9.09. The molecule has 0 saturated carbocycles. The summed E-state index contributed by atoms with van der Waals surface area (Å²) < 4.78 is 0. The number of nitrogens with zero attached hydrogens (tertiary/aromatic N) is 2. The standard InChI is InChI=1S/C18H24N2O3/c1-18(2,3)16(21)15(14-10-6-4-7-11-14)19-23-17(22)20-12-8-5-9-13-20/h4,6-7,10-11H,5,8-9,12-13H2,1-3H3. The van der Waals surface area contributed by atoms with Crippen LogP contribution >= 0.6 is 0 Å². The van der Waals surface area contributed by atoms with Crippen LogP contribution in [0.5, 0.6) is 0 Å². The summed E-state index contributed by atoms with van der Waals surface area (Å²) in [5, 5.41) is 3.91. The third kappa shape index (κ3) is 4.65. The first-order chi connectivity index (χ1) is 10.9. The molecule has 1 saturated heterocycles. The molecule has 1 heterocycles. The normalized spacial score (nSPS) is 16.1. The molecule has 124 valence electrons. The number of oxime groups is 1. The second kappa shape index (κ2) is 7.40. The Kier molecular flexibility index (Phi) is 5.53. The Hall–Kier alpha value is -2.17. The first kappa shape index (κ1) is 17.2. The number of amides is 1. The van der Waals surface area contributed by atoms with E-state index in [0.29, 0.717) is 18.7 Å². The smallest absolute Gasteiger partial charge is 0.306 e. The van der Waals surface area contributed by atoms with E-state index in [1.807, 2.05) is 39.0 Å². The molecule has 1 aromatic carbocycles. The molecule has 1 amide bonds. The van der Waals surface area contributed by atoms with Crippen molar-refractivity contribution in [2.45, 2.75) is 40.0 Å². The molecule has 1 aliphatic rings. The van der Waals surface area contributed by atoms with Crippen LogP contribution in [0.3, 0.4) is 0 Å². The van der Waals surface area contributed by atoms with E-state index in [-0.39, 0.29) is 11.5 Å². The van der Waals surface area contributed by atoms with Gasteiger partial charge in [0.05, 0.1) is 0 Å². The summed E-state index contributed by atoms with van der Waals surface area (Å²) in [7, 11) is 0. The van der Waals surface area contributed by atoms with Gasteiger partial charge >= 0.3 is 6.09 Å². The zero-order chi connectivity index (χ0) is 16.9. The highest BCUT2D eigenvalue weighted by atomic mass is 16.7. The van der Waals surface area contributed by atoms with E-state index in [2.05, 4.69) is 5.16 Å². The van der Waals surface area contributed by atoms with Crippen LogP contribution in [0, 0.1) is 5.41 Å². The number of carbonyl (C=O) groups is 2. The third-order valence-electron chi connectivity index (χ3n) is 3.77. The van der Waals surface area contributed by atoms with Crippen molar-refractivity contribution in [3.63, 3.8) is 0 Å². The predicted molar refractivity (Wildman–Crippen MR) is 89.3 cm³/mol. The maximum absolute atomic E-state index is 12.6. The Morgan fingerprint density at radius 2 is 1.65 bits per heavy atom. The highest BCUT2D eigenvalue weighted by Crippen LogP contribution is 2.19. The monoisotopic (exact) mass is 316 g/mol. The maximum Gasteiger partial charge on any atom is 0.435 e. The lowest BCUT2D eigenvalue weighted by molar-refractivity contribution is -0.119. The Balaban J connectivity index is 2.19. The van der Waals surface area contributed by atoms with Crippen molar-refractivity contribution in [1.82, 2.24) is 4.90 Å². The summed E-state index contributed by atoms with van der Waals surface area (Å²) in [5.74, 6) is -0.157. The highest BCUT2D eigenvalue weighted by Gasteiger charge is 2.28. The van der Waals surface area contributed by atoms with E-state index in [0.717, 1.165) is 19.3 Å². The quantitative estimate of drug-likeness (QED) is 0.486. The second-order valence-electron chi connectivity index (χ2n) is 6.79. The minimum Gasteiger partial charge on any atom is -0.306 e. The average molecular weight is 316 g/mol. The first-order valence-electron chi connectivity index (χ1n) is 8.04. The Morgan fingerprint density at radius 1 is 1.04 bits per heavy atom. The number of ketones is 1. The molecule has 0 atom stereocenters. The van der Waals surface area contributed by atoms with Crippen molar-refractivity contribution in [1.29, 1.82) is 0 Å². The average Bonchev–Trinajstić information content (AvgIpc) is 2.55. The van der Waals surface area contributed by atoms with E-state index < -0.39 is 11.5 Å². The van der Waals surface area contributed by atoms with E-state index in [1.165, 1.54) is 0 Å². The SMILES string of the molecule is CC(C)(C)C(=O)C(=NOC(=O)N1CCCCC1)c1ccccc1. The minimum atomic E-state index is -0.605. The number of Topliss-reactive ketones (excluding diaryl/α,β-unsaturated/α-hetero) is 1. The van der Waals surface area contributed by atoms with E-state index in [4.69, 9.17) is 4.84 Å². The second-order valence-corrected chi connectivity index (χ2v) is 6.79. The lowest BCUT2D eigenvalue weighted by Crippen LogP contribution is -2.36. The van der Waals surface area contributed by atoms with Gasteiger partial charge in [0, 0.05) is 24.1 Å². The molecule has 2 rings (SSSR count). The molecule has 0 unspecified atom stereocenters. The Labute approximate surface area is 137 Å². The third-order valence-corrected chi connectivity index (χ3v) is 3.77. The molecule has 0 aromatic heterocycles. The fourth-order valence-corrected chi connectivity index (χ4v) is 2.40. The number of hydrogen-bond acceptors (Lipinski definition) is 4. The van der Waals surface area contributed by atoms with Crippen LogP contribution in [0.4, 0.5) is 4.79 Å². The Bertz CT molecular complexity index is 582. The van der Waals surface area contributed by atoms with Gasteiger partial charge in [0.15, 0.2) is 11.5 Å². The Morgan fingerprint density at radius 3 is 2.22 bits per heavy atom. The summed E-state index contributed by atoms with van der Waals surface area (Å²) in [4.78, 5) is 31.4. The van der Waals surface area contributed by atoms with Crippen LogP contribution in [0.25, 0.3) is 0 Å². The number of likely N-dealkylation sites (tertiary alicyclic amines) is 1. The van der Waals surface area contributed by atoms with Gasteiger partial charge in [-0.1, -0.05) is 56.3 Å². The van der Waals surface area contributed by atoms with E-state index >= 15 is 0 Å². The van der Waals surface area contributed by atoms with Crippen LogP contribution in [-0.2, 0) is 9.63 Å². The minimum absolute atomic E-state index is 0.157. The van der Waals surface area contributed by atoms with Crippen LogP contribution in [0.15, 0.2) is 35.5 Å². The van der Waals surface area contributed by atoms with Crippen LogP contribution in [-0.4, -0.2) is 35.6 Å². The van der Waals surface area contributed by atoms with Gasteiger partial charge < -0.3 is 4.90 Å². The number of hydrogen-bond donors (Lipinski definition) is 0. The molecular formula is C18H24N2O3. The van der Waals surface area contributed by atoms with Crippen LogP contribution in [0.2, 0.25) is 0 Å². The largest absolute Gasteiger partial charge is 0.435 e. The molecule has 23 heavy (non-hydrogen) atoms. The number of benzene rings is 1. The van der Waals surface area contributed by atoms with Crippen LogP contribution < -0.4 is 0 Å². The van der Waals surface area contributed by atoms with Gasteiger partial charge in [0.1, 0.15) is 0 Å². The van der Waals surface area contributed by atoms with Crippen LogP contribution in [0.1, 0.15) is 45.6 Å². The van der Waals surface area contributed by atoms with Gasteiger partial charge in [-0.2, -0.15) is 0 Å². The van der Waals surface area contributed by atoms with Gasteiger partial charge in [-0.15, -0.1) is 0 Å². The molecule has 0 aliphatic carbocycles. The van der Waals surface area contributed by atoms with E-state index in [1.54, 1.807) is 17.0 Å². The molecular weight excluding hydrogens is 292 g/mol. The zero-order valence-corrected chi connectivity index (χ0v) is 14.0. The molecule has 0 bridgehead atoms. The molecule has 1 aromatic rings. The molecule has 0 N–H and O–H groups in total. The fourth-order valence-electron chi connectivity index (χ4n) is 2.40. The van der Waals surface area contributed by atoms with Gasteiger partial charge in [0.25, 0.3) is 0 Å². The topological polar surface area (TPSA) is 59.0 Å². The number of piperidine rings is 1. The molecule has 1 aliphatic heterocycles. The summed E-state index contributed by atoms with van der Waals surface area (Å²) in [5.41, 5.74) is 0.231. The first-order valence-corrected chi connectivity index (χ1v) is 8.04. The number of rotatable bonds is 3. The van der Waals surface area contributed by atoms with Gasteiger partial charge in [0.2, 0.25) is 0 Å². The molecule has 1 fully saturated rings. The lowest BCUT2D eigenvalue weighted by atomic mass is 9.86. The molecule has 5 nitrogen and oxygen atoms in total. The van der Waals surface area contributed by atoms with Gasteiger partial charge in [-0.05, 0) is 19.3 Å². The zero-order valence-electron chi connectivity index (χ0n) is 14.0. The van der Waals surface area contributed by atoms with Crippen molar-refractivity contribution < 1.29 is 14.4 Å². The predicted octanol–water partition coefficient (Wildman–Crippen LogP) is 3.63. The summed E-state index contributed by atoms with van der Waals surface area (Å²) in [6.45, 7) is 6.82. The summed E-state index contributed by atoms with van der Waals surface area (Å²) in [6.07, 6.45) is 2.60. The van der Waals surface area contributed by atoms with Crippen molar-refractivity contribution >= 4 is 17.6 Å². The van der Waals surface area contributed by atoms with Gasteiger partial charge in [-0.25, -0.2) is 4.79 Å². The fraction of sp³-hybridized carbons (Fsp3) is 0.500. The van der Waals surface area contributed by atoms with Crippen molar-refractivity contribution in [3.05, 3.63) is 35.9 Å². The summed E-state index contributed by atoms with van der Waals surface area (Å²) >= 11 is 0. The van der Waals surface area contributed by atoms with Crippen molar-refractivity contribution in [3.8, 4) is 0 Å². The molecule has 0 spiro atoms.